The zero-order chi connectivity index (χ0) is 15.8. The third-order valence-electron chi connectivity index (χ3n) is 3.16. The summed E-state index contributed by atoms with van der Waals surface area (Å²) in [6.07, 6.45) is 3.00. The zero-order valence-corrected chi connectivity index (χ0v) is 12.9. The average Bonchev–Trinajstić information content (AvgIpc) is 2.94. The summed E-state index contributed by atoms with van der Waals surface area (Å²) in [6, 6.07) is 7.49. The lowest BCUT2D eigenvalue weighted by Crippen LogP contribution is -2.33. The van der Waals surface area contributed by atoms with E-state index in [4.69, 9.17) is 9.15 Å². The van der Waals surface area contributed by atoms with Crippen LogP contribution >= 0.6 is 0 Å². The van der Waals surface area contributed by atoms with Gasteiger partial charge in [0.15, 0.2) is 5.58 Å². The molecule has 1 aromatic heterocycles. The molecule has 0 radical (unpaired) electrons. The molecule has 1 N–H and O–H groups in total. The lowest BCUT2D eigenvalue weighted by Gasteiger charge is -2.15. The van der Waals surface area contributed by atoms with Crippen LogP contribution in [0.1, 0.15) is 5.89 Å². The number of rotatable bonds is 8. The van der Waals surface area contributed by atoms with Crippen LogP contribution in [0.4, 0.5) is 0 Å². The topological polar surface area (TPSA) is 67.6 Å². The number of amides is 1. The number of para-hydroxylation sites is 2. The van der Waals surface area contributed by atoms with Crippen LogP contribution < -0.4 is 5.32 Å². The van der Waals surface area contributed by atoms with Gasteiger partial charge in [-0.3, -0.25) is 4.79 Å². The second-order valence-electron chi connectivity index (χ2n) is 4.94. The molecule has 6 heteroatoms. The van der Waals surface area contributed by atoms with Gasteiger partial charge in [-0.1, -0.05) is 12.1 Å². The molecule has 1 aromatic carbocycles. The van der Waals surface area contributed by atoms with Gasteiger partial charge in [0.1, 0.15) is 5.52 Å². The highest BCUT2D eigenvalue weighted by atomic mass is 16.5. The van der Waals surface area contributed by atoms with Gasteiger partial charge in [0.05, 0.1) is 6.61 Å². The van der Waals surface area contributed by atoms with Gasteiger partial charge in [-0.15, -0.1) is 0 Å². The maximum absolute atomic E-state index is 11.7. The number of aromatic nitrogens is 1. The first-order valence-electron chi connectivity index (χ1n) is 7.18. The van der Waals surface area contributed by atoms with Gasteiger partial charge in [-0.2, -0.15) is 0 Å². The van der Waals surface area contributed by atoms with Gasteiger partial charge in [-0.25, -0.2) is 4.98 Å². The van der Waals surface area contributed by atoms with Crippen LogP contribution in [0.3, 0.4) is 0 Å². The number of methoxy groups -OCH3 is 1. The Morgan fingerprint density at radius 3 is 3.00 bits per heavy atom. The molecule has 118 valence electrons. The Morgan fingerprint density at radius 2 is 2.23 bits per heavy atom. The Balaban J connectivity index is 1.76. The van der Waals surface area contributed by atoms with Gasteiger partial charge < -0.3 is 19.4 Å². The van der Waals surface area contributed by atoms with Gasteiger partial charge in [0.2, 0.25) is 11.8 Å². The first kappa shape index (κ1) is 16.2. The van der Waals surface area contributed by atoms with E-state index in [0.29, 0.717) is 24.6 Å². The van der Waals surface area contributed by atoms with E-state index in [2.05, 4.69) is 15.2 Å². The summed E-state index contributed by atoms with van der Waals surface area (Å²) in [7, 11) is 3.66. The first-order valence-corrected chi connectivity index (χ1v) is 7.18. The molecule has 22 heavy (non-hydrogen) atoms. The molecule has 0 aliphatic carbocycles. The number of carbonyl (C=O) groups excluding carboxylic acids is 1. The highest BCUT2D eigenvalue weighted by molar-refractivity contribution is 5.91. The molecule has 0 saturated carbocycles. The van der Waals surface area contributed by atoms with Crippen molar-refractivity contribution in [1.82, 2.24) is 15.2 Å². The lowest BCUT2D eigenvalue weighted by molar-refractivity contribution is -0.116. The van der Waals surface area contributed by atoms with Crippen LogP contribution in [0.2, 0.25) is 0 Å². The van der Waals surface area contributed by atoms with Crippen LogP contribution in [0, 0.1) is 0 Å². The molecule has 0 atom stereocenters. The van der Waals surface area contributed by atoms with Crippen molar-refractivity contribution in [3.8, 4) is 0 Å². The van der Waals surface area contributed by atoms with E-state index in [1.54, 1.807) is 13.2 Å². The van der Waals surface area contributed by atoms with Crippen LogP contribution in [0.25, 0.3) is 17.2 Å². The van der Waals surface area contributed by atoms with Crippen molar-refractivity contribution < 1.29 is 13.9 Å². The van der Waals surface area contributed by atoms with E-state index in [1.165, 1.54) is 6.08 Å². The van der Waals surface area contributed by atoms with E-state index >= 15 is 0 Å². The predicted octanol–water partition coefficient (Wildman–Crippen LogP) is 1.54. The summed E-state index contributed by atoms with van der Waals surface area (Å²) in [5, 5.41) is 2.82. The van der Waals surface area contributed by atoms with Gasteiger partial charge in [-0.05, 0) is 19.2 Å². The van der Waals surface area contributed by atoms with E-state index in [1.807, 2.05) is 31.3 Å². The highest BCUT2D eigenvalue weighted by Gasteiger charge is 2.03. The number of fused-ring (bicyclic) bond motifs is 1. The molecule has 2 aromatic rings. The van der Waals surface area contributed by atoms with Crippen molar-refractivity contribution in [2.24, 2.45) is 0 Å². The minimum Gasteiger partial charge on any atom is -0.437 e. The first-order chi connectivity index (χ1) is 10.7. The molecule has 1 heterocycles. The minimum absolute atomic E-state index is 0.164. The predicted molar refractivity (Wildman–Crippen MR) is 85.4 cm³/mol. The van der Waals surface area contributed by atoms with Crippen molar-refractivity contribution in [3.63, 3.8) is 0 Å². The second kappa shape index (κ2) is 8.31. The summed E-state index contributed by atoms with van der Waals surface area (Å²) in [5.41, 5.74) is 1.49. The van der Waals surface area contributed by atoms with E-state index in [9.17, 15) is 4.79 Å². The van der Waals surface area contributed by atoms with Crippen molar-refractivity contribution in [1.29, 1.82) is 0 Å². The molecule has 0 unspecified atom stereocenters. The third kappa shape index (κ3) is 4.98. The minimum atomic E-state index is -0.164. The summed E-state index contributed by atoms with van der Waals surface area (Å²) in [4.78, 5) is 18.1. The molecule has 0 aliphatic heterocycles. The van der Waals surface area contributed by atoms with Crippen molar-refractivity contribution >= 4 is 23.1 Å². The average molecular weight is 303 g/mol. The summed E-state index contributed by atoms with van der Waals surface area (Å²) in [6.45, 7) is 2.87. The Hall–Kier alpha value is -2.18. The van der Waals surface area contributed by atoms with E-state index in [-0.39, 0.29) is 5.91 Å². The second-order valence-corrected chi connectivity index (χ2v) is 4.94. The van der Waals surface area contributed by atoms with Crippen LogP contribution in [-0.2, 0) is 9.53 Å². The molecule has 0 saturated heterocycles. The van der Waals surface area contributed by atoms with Crippen LogP contribution in [-0.4, -0.2) is 56.2 Å². The van der Waals surface area contributed by atoms with Gasteiger partial charge in [0.25, 0.3) is 0 Å². The number of oxazole rings is 1. The number of benzene rings is 1. The molecule has 0 fully saturated rings. The van der Waals surface area contributed by atoms with Crippen LogP contribution in [0.15, 0.2) is 34.8 Å². The molecule has 6 nitrogen and oxygen atoms in total. The quantitative estimate of drug-likeness (QED) is 0.749. The number of hydrogen-bond donors (Lipinski definition) is 1. The van der Waals surface area contributed by atoms with Crippen molar-refractivity contribution in [2.75, 3.05) is 40.4 Å². The fourth-order valence-corrected chi connectivity index (χ4v) is 1.90. The third-order valence-corrected chi connectivity index (χ3v) is 3.16. The van der Waals surface area contributed by atoms with Gasteiger partial charge in [0, 0.05) is 38.9 Å². The summed E-state index contributed by atoms with van der Waals surface area (Å²) < 4.78 is 10.5. The molecular formula is C16H21N3O3. The van der Waals surface area contributed by atoms with E-state index in [0.717, 1.165) is 18.6 Å². The monoisotopic (exact) mass is 303 g/mol. The van der Waals surface area contributed by atoms with Crippen LogP contribution in [0.5, 0.6) is 0 Å². The van der Waals surface area contributed by atoms with E-state index < -0.39 is 0 Å². The van der Waals surface area contributed by atoms with Crippen molar-refractivity contribution in [2.45, 2.75) is 0 Å². The summed E-state index contributed by atoms with van der Waals surface area (Å²) in [5.74, 6) is 0.260. The molecule has 0 aliphatic rings. The normalized spacial score (nSPS) is 11.6. The highest BCUT2D eigenvalue weighted by Crippen LogP contribution is 2.15. The number of nitrogens with zero attached hydrogens (tertiary/aromatic N) is 2. The Kier molecular flexibility index (Phi) is 6.12. The smallest absolute Gasteiger partial charge is 0.244 e. The van der Waals surface area contributed by atoms with Crippen molar-refractivity contribution in [3.05, 3.63) is 36.2 Å². The molecule has 0 spiro atoms. The maximum atomic E-state index is 11.7. The largest absolute Gasteiger partial charge is 0.437 e. The number of ether oxygens (including phenoxy) is 1. The number of hydrogen-bond acceptors (Lipinski definition) is 5. The maximum Gasteiger partial charge on any atom is 0.244 e. The zero-order valence-electron chi connectivity index (χ0n) is 12.9. The summed E-state index contributed by atoms with van der Waals surface area (Å²) >= 11 is 0. The van der Waals surface area contributed by atoms with Gasteiger partial charge >= 0.3 is 0 Å². The Labute approximate surface area is 129 Å². The fourth-order valence-electron chi connectivity index (χ4n) is 1.90. The number of carbonyl (C=O) groups is 1. The Morgan fingerprint density at radius 1 is 1.41 bits per heavy atom. The molecule has 0 bridgehead atoms. The Bertz CT molecular complexity index is 603. The number of likely N-dealkylation sites (N-methyl/N-ethyl adjacent to an activating group) is 1. The fraction of sp³-hybridized carbons (Fsp3) is 0.375. The lowest BCUT2D eigenvalue weighted by atomic mass is 10.3. The standard InChI is InChI=1S/C16H21N3O3/c1-19(11-12-21-2)10-9-17-15(20)7-8-16-18-13-5-3-4-6-14(13)22-16/h3-8H,9-12H2,1-2H3,(H,17,20). The molecular weight excluding hydrogens is 282 g/mol. The molecule has 2 rings (SSSR count). The number of nitrogens with one attached hydrogen (secondary N) is 1. The molecule has 1 amide bonds. The SMILES string of the molecule is COCCN(C)CCNC(=O)C=Cc1nc2ccccc2o1.